The van der Waals surface area contributed by atoms with E-state index in [2.05, 4.69) is 60.5 Å². The predicted molar refractivity (Wildman–Crippen MR) is 221 cm³/mol. The standard InChI is InChI=1S/C24BF20.C23H23NOS/c26-5-1(6(27)14(35)21(42)13(5)34)25(2-7(28)15(36)22(43)16(37)8(2)29,3-9(30)17(38)23(44)18(39)10(3)31)4-11(32)19(40)24(45)20(41)12(4)33;1-18(26)9-5-7-13-21-16-15-19-10-6-8-14-22(19)24(21)17-23(25)20-11-3-2-4-12-20/h;2-4,6-8,10-16,18H,5,9,17H2,1H3/q-1;/p+1. The maximum atomic E-state index is 15.4. The van der Waals surface area contributed by atoms with E-state index in [1.165, 1.54) is 0 Å². The van der Waals surface area contributed by atoms with Crippen molar-refractivity contribution in [2.75, 3.05) is 0 Å². The molecule has 0 amide bonds. The van der Waals surface area contributed by atoms with Crippen LogP contribution in [-0.2, 0) is 6.54 Å². The number of allylic oxidation sites excluding steroid dienone is 1. The van der Waals surface area contributed by atoms with Crippen LogP contribution in [0.5, 0.6) is 0 Å². The van der Waals surface area contributed by atoms with Crippen molar-refractivity contribution >= 4 is 63.4 Å². The van der Waals surface area contributed by atoms with E-state index >= 15 is 35.1 Å². The lowest BCUT2D eigenvalue weighted by Crippen LogP contribution is -2.81. The summed E-state index contributed by atoms with van der Waals surface area (Å²) in [4.78, 5) is 12.8. The molecule has 71 heavy (non-hydrogen) atoms. The topological polar surface area (TPSA) is 20.9 Å². The van der Waals surface area contributed by atoms with E-state index in [9.17, 15) is 57.5 Å². The predicted octanol–water partition coefficient (Wildman–Crippen LogP) is 11.0. The second-order valence-corrected chi connectivity index (χ2v) is 16.2. The number of Topliss-reactive ketones (excluding diaryl/α,β-unsaturated/α-hetero) is 1. The van der Waals surface area contributed by atoms with Crippen LogP contribution in [0.25, 0.3) is 17.0 Å². The molecule has 1 unspecified atom stereocenters. The highest BCUT2D eigenvalue weighted by molar-refractivity contribution is 7.80. The quantitative estimate of drug-likeness (QED) is 0.0260. The number of fused-ring (bicyclic) bond motifs is 1. The molecule has 1 heterocycles. The summed E-state index contributed by atoms with van der Waals surface area (Å²) in [6, 6.07) is 21.9. The fourth-order valence-corrected chi connectivity index (χ4v) is 8.02. The molecule has 0 fully saturated rings. The zero-order valence-corrected chi connectivity index (χ0v) is 36.0. The van der Waals surface area contributed by atoms with Crippen LogP contribution < -0.4 is 26.4 Å². The smallest absolute Gasteiger partial charge is 0.227 e. The Balaban J connectivity index is 0.000000268. The second kappa shape index (κ2) is 20.9. The summed E-state index contributed by atoms with van der Waals surface area (Å²) in [6.07, 6.45) is -0.924. The van der Waals surface area contributed by atoms with Gasteiger partial charge in [-0.05, 0) is 30.2 Å². The third-order valence-corrected chi connectivity index (χ3v) is 11.4. The summed E-state index contributed by atoms with van der Waals surface area (Å²) in [6.45, 7) is 2.43. The van der Waals surface area contributed by atoms with Crippen LogP contribution in [0.3, 0.4) is 0 Å². The summed E-state index contributed by atoms with van der Waals surface area (Å²) < 4.78 is 296. The van der Waals surface area contributed by atoms with Crippen LogP contribution >= 0.6 is 12.6 Å². The first-order valence-corrected chi connectivity index (χ1v) is 20.4. The molecule has 7 rings (SSSR count). The molecule has 7 aromatic rings. The van der Waals surface area contributed by atoms with Gasteiger partial charge in [-0.15, -0.1) is 21.9 Å². The van der Waals surface area contributed by atoms with Crippen LogP contribution in [0.2, 0.25) is 0 Å². The van der Waals surface area contributed by atoms with Crippen molar-refractivity contribution in [2.24, 2.45) is 0 Å². The first kappa shape index (κ1) is 53.5. The van der Waals surface area contributed by atoms with E-state index in [1.54, 1.807) is 0 Å². The minimum absolute atomic E-state index is 0.116. The van der Waals surface area contributed by atoms with E-state index < -0.39 is 144 Å². The summed E-state index contributed by atoms with van der Waals surface area (Å²) in [7, 11) is 0. The van der Waals surface area contributed by atoms with Gasteiger partial charge in [-0.1, -0.05) is 55.5 Å². The number of pyridine rings is 1. The van der Waals surface area contributed by atoms with Crippen molar-refractivity contribution in [2.45, 2.75) is 31.6 Å². The molecule has 0 aliphatic carbocycles. The van der Waals surface area contributed by atoms with Gasteiger partial charge in [0.05, 0.1) is 0 Å². The molecule has 0 radical (unpaired) electrons. The number of carbonyl (C=O) groups is 1. The number of thiol groups is 1. The third kappa shape index (κ3) is 9.21. The van der Waals surface area contributed by atoms with E-state index in [-0.39, 0.29) is 5.78 Å². The molecule has 0 aliphatic heterocycles. The lowest BCUT2D eigenvalue weighted by Gasteiger charge is -2.44. The van der Waals surface area contributed by atoms with Crippen LogP contribution in [-0.4, -0.2) is 17.2 Å². The lowest BCUT2D eigenvalue weighted by molar-refractivity contribution is -0.658. The van der Waals surface area contributed by atoms with Crippen LogP contribution in [0, 0.1) is 116 Å². The van der Waals surface area contributed by atoms with E-state index in [1.807, 2.05) is 42.5 Å². The number of hydrogen-bond acceptors (Lipinski definition) is 2. The van der Waals surface area contributed by atoms with Gasteiger partial charge < -0.3 is 0 Å². The van der Waals surface area contributed by atoms with Gasteiger partial charge in [-0.3, -0.25) is 4.79 Å². The summed E-state index contributed by atoms with van der Waals surface area (Å²) >= 11 is 4.43. The third-order valence-electron chi connectivity index (χ3n) is 11.1. The second-order valence-electron chi connectivity index (χ2n) is 15.3. The summed E-state index contributed by atoms with van der Waals surface area (Å²) in [5.41, 5.74) is -11.5. The Kier molecular flexibility index (Phi) is 15.7. The lowest BCUT2D eigenvalue weighted by atomic mass is 9.12. The molecular formula is C47H24BF20NOS. The van der Waals surface area contributed by atoms with Crippen LogP contribution in [0.1, 0.15) is 35.8 Å². The molecule has 0 saturated heterocycles. The molecular weight excluding hydrogens is 1020 g/mol. The van der Waals surface area contributed by atoms with Crippen molar-refractivity contribution < 1.29 is 97.2 Å². The first-order valence-electron chi connectivity index (χ1n) is 19.9. The zero-order valence-electron chi connectivity index (χ0n) is 35.1. The number of para-hydroxylation sites is 1. The van der Waals surface area contributed by atoms with Crippen LogP contribution in [0.4, 0.5) is 87.8 Å². The number of halogens is 20. The van der Waals surface area contributed by atoms with Gasteiger partial charge in [0.2, 0.25) is 23.5 Å². The SMILES string of the molecule is CC(S)CCC=Cc1ccc2ccccc2[n+]1CC(=O)c1ccccc1.Fc1c(F)c(F)c([B-](c2c(F)c(F)c(F)c(F)c2F)(c2c(F)c(F)c(F)c(F)c2F)c2c(F)c(F)c(F)c(F)c2F)c(F)c1F. The van der Waals surface area contributed by atoms with Gasteiger partial charge in [0.1, 0.15) is 52.7 Å². The van der Waals surface area contributed by atoms with Crippen molar-refractivity contribution in [3.63, 3.8) is 0 Å². The van der Waals surface area contributed by atoms with Crippen molar-refractivity contribution in [1.29, 1.82) is 0 Å². The maximum Gasteiger partial charge on any atom is 0.227 e. The minimum atomic E-state index is -7.22. The Morgan fingerprint density at radius 3 is 1.14 bits per heavy atom. The number of ketones is 1. The minimum Gasteiger partial charge on any atom is -0.287 e. The highest BCUT2D eigenvalue weighted by Crippen LogP contribution is 2.31. The van der Waals surface area contributed by atoms with Crippen molar-refractivity contribution in [3.05, 3.63) is 200 Å². The van der Waals surface area contributed by atoms with E-state index in [0.29, 0.717) is 11.8 Å². The number of rotatable bonds is 11. The fraction of sp³-hybridized carbons (Fsp3) is 0.106. The normalized spacial score (nSPS) is 12.2. The number of nitrogens with zero attached hydrogens (tertiary/aromatic N) is 1. The van der Waals surface area contributed by atoms with Gasteiger partial charge in [-0.25, -0.2) is 87.8 Å². The molecule has 0 aliphatic rings. The van der Waals surface area contributed by atoms with Gasteiger partial charge in [0.25, 0.3) is 0 Å². The van der Waals surface area contributed by atoms with E-state index in [0.717, 1.165) is 35.0 Å². The van der Waals surface area contributed by atoms with Gasteiger partial charge >= 0.3 is 0 Å². The number of hydrogen-bond donors (Lipinski definition) is 1. The summed E-state index contributed by atoms with van der Waals surface area (Å²) in [5.74, 6) is -71.3. The molecule has 0 bridgehead atoms. The molecule has 0 N–H and O–H groups in total. The van der Waals surface area contributed by atoms with E-state index in [4.69, 9.17) is 0 Å². The number of aromatic nitrogens is 1. The van der Waals surface area contributed by atoms with Crippen molar-refractivity contribution in [1.82, 2.24) is 0 Å². The Morgan fingerprint density at radius 1 is 0.465 bits per heavy atom. The van der Waals surface area contributed by atoms with Gasteiger partial charge in [-0.2, -0.15) is 17.2 Å². The van der Waals surface area contributed by atoms with Crippen molar-refractivity contribution in [3.8, 4) is 0 Å². The molecule has 0 saturated carbocycles. The average Bonchev–Trinajstić information content (AvgIpc) is 3.36. The molecule has 1 atom stereocenters. The molecule has 6 aromatic carbocycles. The molecule has 372 valence electrons. The highest BCUT2D eigenvalue weighted by atomic mass is 32.1. The first-order chi connectivity index (χ1) is 33.3. The maximum absolute atomic E-state index is 15.4. The number of carbonyl (C=O) groups excluding carboxylic acids is 1. The van der Waals surface area contributed by atoms with Crippen LogP contribution in [0.15, 0.2) is 72.8 Å². The zero-order chi connectivity index (χ0) is 52.7. The molecule has 2 nitrogen and oxygen atoms in total. The van der Waals surface area contributed by atoms with Gasteiger partial charge in [0.15, 0.2) is 69.8 Å². The Bertz CT molecular complexity index is 2910. The molecule has 24 heteroatoms. The van der Waals surface area contributed by atoms with Gasteiger partial charge in [0, 0.05) is 29.2 Å². The highest BCUT2D eigenvalue weighted by Gasteiger charge is 2.52. The monoisotopic (exact) mass is 1040 g/mol. The average molecular weight is 1040 g/mol. The molecule has 0 spiro atoms. The Morgan fingerprint density at radius 2 is 0.789 bits per heavy atom. The summed E-state index contributed by atoms with van der Waals surface area (Å²) in [5, 5.41) is 1.53. The largest absolute Gasteiger partial charge is 0.287 e. The Hall–Kier alpha value is -6.85. The fourth-order valence-electron chi connectivity index (χ4n) is 7.88. The Labute approximate surface area is 391 Å². The molecule has 1 aromatic heterocycles. The number of benzene rings is 6.